The SMILES string of the molecule is CCOC(=O)Cc1csc(NC(=O)c2ccnc(Cl)c2)n1. The van der Waals surface area contributed by atoms with Crippen LogP contribution in [0.4, 0.5) is 5.13 Å². The Morgan fingerprint density at radius 1 is 1.48 bits per heavy atom. The number of carbonyl (C=O) groups is 2. The van der Waals surface area contributed by atoms with Crippen molar-refractivity contribution in [2.45, 2.75) is 13.3 Å². The fraction of sp³-hybridized carbons (Fsp3) is 0.231. The van der Waals surface area contributed by atoms with E-state index < -0.39 is 0 Å². The van der Waals surface area contributed by atoms with Crippen LogP contribution in [0.1, 0.15) is 23.0 Å². The van der Waals surface area contributed by atoms with Crippen molar-refractivity contribution in [1.29, 1.82) is 0 Å². The monoisotopic (exact) mass is 325 g/mol. The summed E-state index contributed by atoms with van der Waals surface area (Å²) in [6.07, 6.45) is 1.53. The zero-order valence-corrected chi connectivity index (χ0v) is 12.7. The summed E-state index contributed by atoms with van der Waals surface area (Å²) in [6.45, 7) is 2.07. The van der Waals surface area contributed by atoms with Crippen LogP contribution in [-0.4, -0.2) is 28.5 Å². The van der Waals surface area contributed by atoms with E-state index in [1.54, 1.807) is 18.4 Å². The highest BCUT2D eigenvalue weighted by Gasteiger charge is 2.12. The summed E-state index contributed by atoms with van der Waals surface area (Å²) in [5.74, 6) is -0.682. The fourth-order valence-electron chi connectivity index (χ4n) is 1.52. The molecule has 2 rings (SSSR count). The lowest BCUT2D eigenvalue weighted by Crippen LogP contribution is -2.12. The number of hydrogen-bond donors (Lipinski definition) is 1. The van der Waals surface area contributed by atoms with E-state index in [0.717, 1.165) is 0 Å². The topological polar surface area (TPSA) is 81.2 Å². The molecule has 110 valence electrons. The first-order valence-electron chi connectivity index (χ1n) is 6.11. The Balaban J connectivity index is 1.99. The van der Waals surface area contributed by atoms with Gasteiger partial charge in [0.05, 0.1) is 18.7 Å². The minimum absolute atomic E-state index is 0.0846. The Kier molecular flexibility index (Phi) is 5.24. The predicted octanol–water partition coefficient (Wildman–Crippen LogP) is 2.55. The number of nitrogens with one attached hydrogen (secondary N) is 1. The van der Waals surface area contributed by atoms with E-state index in [2.05, 4.69) is 15.3 Å². The van der Waals surface area contributed by atoms with Crippen LogP contribution in [0, 0.1) is 0 Å². The molecule has 0 unspecified atom stereocenters. The van der Waals surface area contributed by atoms with Crippen molar-refractivity contribution in [2.75, 3.05) is 11.9 Å². The van der Waals surface area contributed by atoms with E-state index in [1.165, 1.54) is 23.6 Å². The lowest BCUT2D eigenvalue weighted by atomic mass is 10.2. The molecule has 2 aromatic rings. The number of anilines is 1. The van der Waals surface area contributed by atoms with Crippen molar-refractivity contribution >= 4 is 39.9 Å². The van der Waals surface area contributed by atoms with Gasteiger partial charge in [-0.3, -0.25) is 14.9 Å². The van der Waals surface area contributed by atoms with Crippen molar-refractivity contribution in [2.24, 2.45) is 0 Å². The van der Waals surface area contributed by atoms with Gasteiger partial charge in [0.25, 0.3) is 5.91 Å². The molecule has 0 atom stereocenters. The maximum Gasteiger partial charge on any atom is 0.311 e. The van der Waals surface area contributed by atoms with Gasteiger partial charge in [0.1, 0.15) is 5.15 Å². The molecule has 1 amide bonds. The van der Waals surface area contributed by atoms with E-state index in [1.807, 2.05) is 0 Å². The number of halogens is 1. The second kappa shape index (κ2) is 7.14. The summed E-state index contributed by atoms with van der Waals surface area (Å²) in [6, 6.07) is 3.01. The van der Waals surface area contributed by atoms with Crippen molar-refractivity contribution < 1.29 is 14.3 Å². The normalized spacial score (nSPS) is 10.2. The quantitative estimate of drug-likeness (QED) is 0.675. The molecular formula is C13H12ClN3O3S. The first-order valence-corrected chi connectivity index (χ1v) is 7.37. The average molecular weight is 326 g/mol. The van der Waals surface area contributed by atoms with Gasteiger partial charge in [0.2, 0.25) is 0 Å². The third kappa shape index (κ3) is 4.51. The van der Waals surface area contributed by atoms with Gasteiger partial charge in [-0.1, -0.05) is 11.6 Å². The zero-order chi connectivity index (χ0) is 15.2. The van der Waals surface area contributed by atoms with Crippen molar-refractivity contribution in [1.82, 2.24) is 9.97 Å². The average Bonchev–Trinajstić information content (AvgIpc) is 2.86. The van der Waals surface area contributed by atoms with Gasteiger partial charge in [-0.2, -0.15) is 0 Å². The number of amides is 1. The summed E-state index contributed by atoms with van der Waals surface area (Å²) in [7, 11) is 0. The maximum absolute atomic E-state index is 12.0. The maximum atomic E-state index is 12.0. The molecule has 0 bridgehead atoms. The van der Waals surface area contributed by atoms with E-state index in [-0.39, 0.29) is 23.5 Å². The van der Waals surface area contributed by atoms with Crippen LogP contribution >= 0.6 is 22.9 Å². The van der Waals surface area contributed by atoms with Crippen LogP contribution in [0.5, 0.6) is 0 Å². The minimum Gasteiger partial charge on any atom is -0.466 e. The van der Waals surface area contributed by atoms with Gasteiger partial charge < -0.3 is 4.74 Å². The molecule has 1 N–H and O–H groups in total. The number of thiazole rings is 1. The molecule has 0 aromatic carbocycles. The van der Waals surface area contributed by atoms with Crippen molar-refractivity contribution in [3.63, 3.8) is 0 Å². The smallest absolute Gasteiger partial charge is 0.311 e. The van der Waals surface area contributed by atoms with Crippen LogP contribution < -0.4 is 5.32 Å². The standard InChI is InChI=1S/C13H12ClN3O3S/c1-2-20-11(18)6-9-7-21-13(16-9)17-12(19)8-3-4-15-10(14)5-8/h3-5,7H,2,6H2,1H3,(H,16,17,19). The molecule has 21 heavy (non-hydrogen) atoms. The highest BCUT2D eigenvalue weighted by Crippen LogP contribution is 2.17. The van der Waals surface area contributed by atoms with Crippen LogP contribution in [0.15, 0.2) is 23.7 Å². The number of esters is 1. The largest absolute Gasteiger partial charge is 0.466 e. The molecule has 0 saturated carbocycles. The Hall–Kier alpha value is -1.99. The van der Waals surface area contributed by atoms with Gasteiger partial charge in [0, 0.05) is 17.1 Å². The number of nitrogens with zero attached hydrogens (tertiary/aromatic N) is 2. The number of aromatic nitrogens is 2. The molecule has 0 aliphatic carbocycles. The fourth-order valence-corrected chi connectivity index (χ4v) is 2.40. The highest BCUT2D eigenvalue weighted by molar-refractivity contribution is 7.14. The molecule has 0 aliphatic heterocycles. The molecule has 2 aromatic heterocycles. The first kappa shape index (κ1) is 15.4. The summed E-state index contributed by atoms with van der Waals surface area (Å²) in [4.78, 5) is 31.3. The summed E-state index contributed by atoms with van der Waals surface area (Å²) >= 11 is 6.96. The second-order valence-corrected chi connectivity index (χ2v) is 5.19. The molecule has 0 saturated heterocycles. The molecule has 0 radical (unpaired) electrons. The summed E-state index contributed by atoms with van der Waals surface area (Å²) < 4.78 is 4.84. The molecular weight excluding hydrogens is 314 g/mol. The van der Waals surface area contributed by atoms with Crippen LogP contribution in [0.25, 0.3) is 0 Å². The Morgan fingerprint density at radius 2 is 2.29 bits per heavy atom. The molecule has 6 nitrogen and oxygen atoms in total. The van der Waals surface area contributed by atoms with Gasteiger partial charge in [-0.15, -0.1) is 11.3 Å². The van der Waals surface area contributed by atoms with Gasteiger partial charge in [-0.25, -0.2) is 9.97 Å². The van der Waals surface area contributed by atoms with Crippen LogP contribution in [-0.2, 0) is 16.0 Å². The van der Waals surface area contributed by atoms with Crippen LogP contribution in [0.3, 0.4) is 0 Å². The summed E-state index contributed by atoms with van der Waals surface area (Å²) in [5, 5.41) is 4.99. The molecule has 0 aliphatic rings. The Labute approximate surface area is 130 Å². The highest BCUT2D eigenvalue weighted by atomic mass is 35.5. The van der Waals surface area contributed by atoms with Gasteiger partial charge in [-0.05, 0) is 19.1 Å². The first-order chi connectivity index (χ1) is 10.1. The number of carbonyl (C=O) groups excluding carboxylic acids is 2. The lowest BCUT2D eigenvalue weighted by Gasteiger charge is -2.01. The molecule has 0 fully saturated rings. The molecule has 8 heteroatoms. The summed E-state index contributed by atoms with van der Waals surface area (Å²) in [5.41, 5.74) is 0.943. The lowest BCUT2D eigenvalue weighted by molar-refractivity contribution is -0.142. The Morgan fingerprint density at radius 3 is 3.00 bits per heavy atom. The van der Waals surface area contributed by atoms with E-state index in [4.69, 9.17) is 16.3 Å². The van der Waals surface area contributed by atoms with Gasteiger partial charge >= 0.3 is 5.97 Å². The Bertz CT molecular complexity index is 660. The second-order valence-electron chi connectivity index (χ2n) is 3.95. The van der Waals surface area contributed by atoms with Crippen LogP contribution in [0.2, 0.25) is 5.15 Å². The number of ether oxygens (including phenoxy) is 1. The van der Waals surface area contributed by atoms with Gasteiger partial charge in [0.15, 0.2) is 5.13 Å². The van der Waals surface area contributed by atoms with E-state index in [9.17, 15) is 9.59 Å². The predicted molar refractivity (Wildman–Crippen MR) is 79.7 cm³/mol. The van der Waals surface area contributed by atoms with E-state index >= 15 is 0 Å². The van der Waals surface area contributed by atoms with E-state index in [0.29, 0.717) is 23.0 Å². The third-order valence-corrected chi connectivity index (χ3v) is 3.40. The zero-order valence-electron chi connectivity index (χ0n) is 11.1. The number of pyridine rings is 1. The molecule has 2 heterocycles. The third-order valence-electron chi connectivity index (χ3n) is 2.39. The number of rotatable bonds is 5. The van der Waals surface area contributed by atoms with Crippen molar-refractivity contribution in [3.05, 3.63) is 40.1 Å². The minimum atomic E-state index is -0.346. The number of hydrogen-bond acceptors (Lipinski definition) is 6. The molecule has 0 spiro atoms. The van der Waals surface area contributed by atoms with Crippen molar-refractivity contribution in [3.8, 4) is 0 Å².